The predicted octanol–water partition coefficient (Wildman–Crippen LogP) is 4.25. The molecular weight excluding hydrogens is 312 g/mol. The highest BCUT2D eigenvalue weighted by atomic mass is 16.5. The Morgan fingerprint density at radius 3 is 2.56 bits per heavy atom. The van der Waals surface area contributed by atoms with E-state index in [1.54, 1.807) is 0 Å². The number of aryl methyl sites for hydroxylation is 1. The van der Waals surface area contributed by atoms with E-state index in [-0.39, 0.29) is 12.5 Å². The zero-order valence-electron chi connectivity index (χ0n) is 15.0. The van der Waals surface area contributed by atoms with Crippen molar-refractivity contribution < 1.29 is 9.53 Å². The molecule has 1 aliphatic rings. The molecule has 1 heterocycles. The molecular formula is C21H26N2O2. The average molecular weight is 338 g/mol. The van der Waals surface area contributed by atoms with Gasteiger partial charge in [-0.15, -0.1) is 0 Å². The van der Waals surface area contributed by atoms with Gasteiger partial charge in [-0.25, -0.2) is 0 Å². The number of carbonyl (C=O) groups excluding carboxylic acids is 1. The lowest BCUT2D eigenvalue weighted by Gasteiger charge is -2.32. The first-order valence-corrected chi connectivity index (χ1v) is 8.94. The molecule has 1 atom stereocenters. The Hall–Kier alpha value is -2.49. The molecule has 0 saturated carbocycles. The van der Waals surface area contributed by atoms with E-state index in [1.807, 2.05) is 43.3 Å². The van der Waals surface area contributed by atoms with Crippen LogP contribution in [0.5, 0.6) is 5.75 Å². The molecule has 0 aliphatic carbocycles. The number of anilines is 2. The molecule has 0 aromatic heterocycles. The topological polar surface area (TPSA) is 41.6 Å². The molecule has 0 bridgehead atoms. The van der Waals surface area contributed by atoms with Crippen molar-refractivity contribution in [1.29, 1.82) is 0 Å². The molecule has 2 aromatic carbocycles. The number of piperidine rings is 1. The second-order valence-electron chi connectivity index (χ2n) is 6.89. The molecule has 1 unspecified atom stereocenters. The van der Waals surface area contributed by atoms with Gasteiger partial charge >= 0.3 is 0 Å². The highest BCUT2D eigenvalue weighted by molar-refractivity contribution is 5.92. The van der Waals surface area contributed by atoms with Crippen molar-refractivity contribution in [2.24, 2.45) is 5.92 Å². The first kappa shape index (κ1) is 17.3. The zero-order valence-corrected chi connectivity index (χ0v) is 15.0. The van der Waals surface area contributed by atoms with E-state index in [0.29, 0.717) is 5.75 Å². The molecule has 3 rings (SSSR count). The summed E-state index contributed by atoms with van der Waals surface area (Å²) in [5, 5.41) is 2.88. The summed E-state index contributed by atoms with van der Waals surface area (Å²) in [5.41, 5.74) is 3.19. The minimum atomic E-state index is -0.153. The highest BCUT2D eigenvalue weighted by Crippen LogP contribution is 2.24. The predicted molar refractivity (Wildman–Crippen MR) is 102 cm³/mol. The van der Waals surface area contributed by atoms with Crippen LogP contribution in [0.3, 0.4) is 0 Å². The third kappa shape index (κ3) is 4.99. The molecule has 1 N–H and O–H groups in total. The number of amides is 1. The van der Waals surface area contributed by atoms with Crippen LogP contribution in [0, 0.1) is 12.8 Å². The lowest BCUT2D eigenvalue weighted by atomic mass is 10.00. The van der Waals surface area contributed by atoms with Crippen LogP contribution in [-0.2, 0) is 4.79 Å². The second kappa shape index (κ2) is 8.06. The average Bonchev–Trinajstić information content (AvgIpc) is 2.62. The fourth-order valence-corrected chi connectivity index (χ4v) is 3.16. The molecule has 25 heavy (non-hydrogen) atoms. The van der Waals surface area contributed by atoms with Crippen LogP contribution in [-0.4, -0.2) is 25.6 Å². The van der Waals surface area contributed by atoms with Gasteiger partial charge in [0.2, 0.25) is 0 Å². The van der Waals surface area contributed by atoms with Crippen molar-refractivity contribution in [3.05, 3.63) is 54.1 Å². The van der Waals surface area contributed by atoms with Crippen molar-refractivity contribution in [3.63, 3.8) is 0 Å². The molecule has 132 valence electrons. The summed E-state index contributed by atoms with van der Waals surface area (Å²) >= 11 is 0. The van der Waals surface area contributed by atoms with Gasteiger partial charge in [-0.05, 0) is 62.1 Å². The van der Waals surface area contributed by atoms with Gasteiger partial charge < -0.3 is 15.0 Å². The molecule has 1 fully saturated rings. The molecule has 4 heteroatoms. The largest absolute Gasteiger partial charge is 0.484 e. The van der Waals surface area contributed by atoms with E-state index in [9.17, 15) is 4.79 Å². The lowest BCUT2D eigenvalue weighted by Crippen LogP contribution is -2.34. The monoisotopic (exact) mass is 338 g/mol. The van der Waals surface area contributed by atoms with E-state index in [1.165, 1.54) is 24.1 Å². The number of nitrogens with one attached hydrogen (secondary N) is 1. The zero-order chi connectivity index (χ0) is 17.6. The summed E-state index contributed by atoms with van der Waals surface area (Å²) in [6.45, 7) is 6.55. The Morgan fingerprint density at radius 2 is 1.88 bits per heavy atom. The maximum atomic E-state index is 12.0. The second-order valence-corrected chi connectivity index (χ2v) is 6.89. The Balaban J connectivity index is 1.50. The van der Waals surface area contributed by atoms with Crippen LogP contribution in [0.2, 0.25) is 0 Å². The lowest BCUT2D eigenvalue weighted by molar-refractivity contribution is -0.118. The number of carbonyl (C=O) groups is 1. The number of benzene rings is 2. The highest BCUT2D eigenvalue weighted by Gasteiger charge is 2.16. The minimum Gasteiger partial charge on any atom is -0.484 e. The summed E-state index contributed by atoms with van der Waals surface area (Å²) < 4.78 is 5.51. The Bertz CT molecular complexity index is 695. The fraction of sp³-hybridized carbons (Fsp3) is 0.381. The molecule has 1 aliphatic heterocycles. The maximum absolute atomic E-state index is 12.0. The Morgan fingerprint density at radius 1 is 1.16 bits per heavy atom. The van der Waals surface area contributed by atoms with Crippen molar-refractivity contribution in [3.8, 4) is 5.75 Å². The van der Waals surface area contributed by atoms with Crippen LogP contribution >= 0.6 is 0 Å². The van der Waals surface area contributed by atoms with Crippen LogP contribution in [0.1, 0.15) is 25.3 Å². The molecule has 0 radical (unpaired) electrons. The van der Waals surface area contributed by atoms with E-state index >= 15 is 0 Å². The van der Waals surface area contributed by atoms with Gasteiger partial charge in [0.15, 0.2) is 6.61 Å². The van der Waals surface area contributed by atoms with Crippen LogP contribution in [0.4, 0.5) is 11.4 Å². The standard InChI is InChI=1S/C21H26N2O2/c1-16-5-11-20(12-6-16)25-15-21(24)22-18-7-9-19(10-8-18)23-13-3-4-17(2)14-23/h5-12,17H,3-4,13-15H2,1-2H3,(H,22,24). The Labute approximate surface area is 149 Å². The van der Waals surface area contributed by atoms with E-state index in [2.05, 4.69) is 29.3 Å². The quantitative estimate of drug-likeness (QED) is 0.886. The normalized spacial score (nSPS) is 17.2. The maximum Gasteiger partial charge on any atom is 0.262 e. The van der Waals surface area contributed by atoms with E-state index in [4.69, 9.17) is 4.74 Å². The number of hydrogen-bond acceptors (Lipinski definition) is 3. The van der Waals surface area contributed by atoms with Crippen molar-refractivity contribution in [1.82, 2.24) is 0 Å². The van der Waals surface area contributed by atoms with Crippen LogP contribution in [0.25, 0.3) is 0 Å². The summed E-state index contributed by atoms with van der Waals surface area (Å²) in [7, 11) is 0. The van der Waals surface area contributed by atoms with Gasteiger partial charge in [0.1, 0.15) is 5.75 Å². The molecule has 1 amide bonds. The van der Waals surface area contributed by atoms with Crippen molar-refractivity contribution in [2.45, 2.75) is 26.7 Å². The molecule has 1 saturated heterocycles. The molecule has 2 aromatic rings. The van der Waals surface area contributed by atoms with Gasteiger partial charge in [-0.3, -0.25) is 4.79 Å². The first-order valence-electron chi connectivity index (χ1n) is 8.94. The fourth-order valence-electron chi connectivity index (χ4n) is 3.16. The van der Waals surface area contributed by atoms with Crippen LogP contribution in [0.15, 0.2) is 48.5 Å². The third-order valence-electron chi connectivity index (χ3n) is 4.56. The third-order valence-corrected chi connectivity index (χ3v) is 4.56. The van der Waals surface area contributed by atoms with Gasteiger partial charge in [0, 0.05) is 24.5 Å². The van der Waals surface area contributed by atoms with Gasteiger partial charge in [-0.2, -0.15) is 0 Å². The SMILES string of the molecule is Cc1ccc(OCC(=O)Nc2ccc(N3CCCC(C)C3)cc2)cc1. The smallest absolute Gasteiger partial charge is 0.262 e. The summed E-state index contributed by atoms with van der Waals surface area (Å²) in [6.07, 6.45) is 2.56. The van der Waals surface area contributed by atoms with E-state index < -0.39 is 0 Å². The van der Waals surface area contributed by atoms with E-state index in [0.717, 1.165) is 24.7 Å². The Kier molecular flexibility index (Phi) is 5.59. The molecule has 4 nitrogen and oxygen atoms in total. The minimum absolute atomic E-state index is 0.00839. The number of ether oxygens (including phenoxy) is 1. The summed E-state index contributed by atoms with van der Waals surface area (Å²) in [6, 6.07) is 15.7. The summed E-state index contributed by atoms with van der Waals surface area (Å²) in [5.74, 6) is 1.29. The first-order chi connectivity index (χ1) is 12.1. The van der Waals surface area contributed by atoms with Crippen molar-refractivity contribution >= 4 is 17.3 Å². The molecule has 0 spiro atoms. The van der Waals surface area contributed by atoms with Crippen LogP contribution < -0.4 is 15.0 Å². The van der Waals surface area contributed by atoms with Gasteiger partial charge in [0.05, 0.1) is 0 Å². The number of nitrogens with zero attached hydrogens (tertiary/aromatic N) is 1. The van der Waals surface area contributed by atoms with Gasteiger partial charge in [-0.1, -0.05) is 24.6 Å². The summed E-state index contributed by atoms with van der Waals surface area (Å²) in [4.78, 5) is 14.5. The number of rotatable bonds is 5. The van der Waals surface area contributed by atoms with Crippen molar-refractivity contribution in [2.75, 3.05) is 29.9 Å². The number of hydrogen-bond donors (Lipinski definition) is 1. The van der Waals surface area contributed by atoms with Gasteiger partial charge in [0.25, 0.3) is 5.91 Å².